The molecule has 4 heterocycles. The number of H-pyrrole nitrogens is 1. The Morgan fingerprint density at radius 2 is 2.19 bits per heavy atom. The number of amides is 2. The molecule has 0 aromatic carbocycles. The number of rotatable bonds is 2. The van der Waals surface area contributed by atoms with E-state index in [9.17, 15) is 18.0 Å². The molecule has 1 aliphatic heterocycles. The molecule has 3 aromatic rings. The molecule has 2 amide bonds. The Bertz CT molecular complexity index is 968. The summed E-state index contributed by atoms with van der Waals surface area (Å²) in [6.07, 6.45) is -1.08. The molecule has 2 atom stereocenters. The van der Waals surface area contributed by atoms with Crippen LogP contribution in [0.2, 0.25) is 0 Å². The van der Waals surface area contributed by atoms with Gasteiger partial charge >= 0.3 is 12.2 Å². The lowest BCUT2D eigenvalue weighted by molar-refractivity contribution is -0.123. The molecule has 0 aliphatic carbocycles. The van der Waals surface area contributed by atoms with Crippen LogP contribution >= 0.6 is 22.6 Å². The molecule has 4 rings (SSSR count). The van der Waals surface area contributed by atoms with Gasteiger partial charge in [0.05, 0.1) is 17.6 Å². The number of hydrogen-bond donors (Lipinski definition) is 2. The number of aromatic nitrogens is 5. The van der Waals surface area contributed by atoms with Gasteiger partial charge in [-0.2, -0.15) is 13.2 Å². The van der Waals surface area contributed by atoms with E-state index in [2.05, 4.69) is 42.8 Å². The van der Waals surface area contributed by atoms with E-state index < -0.39 is 18.8 Å². The summed E-state index contributed by atoms with van der Waals surface area (Å²) in [5, 5.41) is 10.3. The quantitative estimate of drug-likeness (QED) is 0.435. The molecule has 2 N–H and O–H groups in total. The maximum atomic E-state index is 12.3. The minimum Gasteiger partial charge on any atom is -0.345 e. The third-order valence-electron chi connectivity index (χ3n) is 4.27. The summed E-state index contributed by atoms with van der Waals surface area (Å²) in [6.45, 7) is -0.736. The molecule has 26 heavy (non-hydrogen) atoms. The minimum absolute atomic E-state index is 0.00112. The minimum atomic E-state index is -4.44. The lowest BCUT2D eigenvalue weighted by Gasteiger charge is -2.17. The molecule has 12 heteroatoms. The molecule has 0 saturated carbocycles. The largest absolute Gasteiger partial charge is 0.405 e. The van der Waals surface area contributed by atoms with Crippen LogP contribution in [0.1, 0.15) is 11.7 Å². The van der Waals surface area contributed by atoms with Gasteiger partial charge in [0.15, 0.2) is 11.3 Å². The summed E-state index contributed by atoms with van der Waals surface area (Å²) in [6, 6.07) is 1.13. The van der Waals surface area contributed by atoms with Crippen LogP contribution < -0.4 is 5.32 Å². The second kappa shape index (κ2) is 6.25. The average Bonchev–Trinajstić information content (AvgIpc) is 3.27. The van der Waals surface area contributed by atoms with Crippen molar-refractivity contribution in [2.75, 3.05) is 19.6 Å². The predicted octanol–water partition coefficient (Wildman–Crippen LogP) is 2.08. The predicted molar refractivity (Wildman–Crippen MR) is 94.2 cm³/mol. The van der Waals surface area contributed by atoms with Crippen LogP contribution in [0, 0.1) is 0 Å². The number of nitrogens with one attached hydrogen (secondary N) is 2. The van der Waals surface area contributed by atoms with Crippen molar-refractivity contribution in [1.82, 2.24) is 34.8 Å². The maximum absolute atomic E-state index is 12.3. The van der Waals surface area contributed by atoms with Gasteiger partial charge in [-0.3, -0.25) is 4.40 Å². The highest BCUT2D eigenvalue weighted by atomic mass is 127. The molecule has 1 saturated heterocycles. The Morgan fingerprint density at radius 3 is 2.96 bits per heavy atom. The molecule has 0 bridgehead atoms. The fourth-order valence-electron chi connectivity index (χ4n) is 3.10. The summed E-state index contributed by atoms with van der Waals surface area (Å²) in [5.41, 5.74) is 2.07. The van der Waals surface area contributed by atoms with E-state index in [1.54, 1.807) is 12.4 Å². The molecular formula is C14H13F3IN7O. The third-order valence-corrected chi connectivity index (χ3v) is 5.54. The standard InChI is InChI=1S/C14H13F3IN7O/c15-14(16,17)6-21-13(26)24-4-7(8(18)5-24)12-23-22-10-3-20-11-9(25(10)12)1-2-19-11/h1-3,7-8,19H,4-6H2,(H,21,26)/t7-,8+/m0/s1. The summed E-state index contributed by atoms with van der Waals surface area (Å²) in [4.78, 5) is 20.7. The first-order valence-electron chi connectivity index (χ1n) is 7.74. The van der Waals surface area contributed by atoms with Gasteiger partial charge in [0.2, 0.25) is 0 Å². The van der Waals surface area contributed by atoms with Crippen LogP contribution in [0.25, 0.3) is 16.8 Å². The zero-order valence-corrected chi connectivity index (χ0v) is 15.3. The first-order chi connectivity index (χ1) is 12.3. The van der Waals surface area contributed by atoms with Crippen molar-refractivity contribution in [3.63, 3.8) is 0 Å². The molecule has 0 unspecified atom stereocenters. The van der Waals surface area contributed by atoms with Crippen LogP contribution in [0.15, 0.2) is 18.5 Å². The molecule has 0 radical (unpaired) electrons. The number of hydrogen-bond acceptors (Lipinski definition) is 4. The molecule has 8 nitrogen and oxygen atoms in total. The van der Waals surface area contributed by atoms with Gasteiger partial charge in [-0.05, 0) is 6.07 Å². The van der Waals surface area contributed by atoms with Crippen LogP contribution in [0.4, 0.5) is 18.0 Å². The molecule has 138 valence electrons. The fourth-order valence-corrected chi connectivity index (χ4v) is 4.12. The highest BCUT2D eigenvalue weighted by Crippen LogP contribution is 2.33. The van der Waals surface area contributed by atoms with Gasteiger partial charge in [-0.15, -0.1) is 10.2 Å². The second-order valence-electron chi connectivity index (χ2n) is 6.02. The van der Waals surface area contributed by atoms with Crippen molar-refractivity contribution in [3.8, 4) is 0 Å². The van der Waals surface area contributed by atoms with E-state index in [4.69, 9.17) is 0 Å². The van der Waals surface area contributed by atoms with Gasteiger partial charge in [0, 0.05) is 23.2 Å². The van der Waals surface area contributed by atoms with Crippen LogP contribution in [-0.2, 0) is 0 Å². The second-order valence-corrected chi connectivity index (χ2v) is 7.62. The number of likely N-dealkylation sites (tertiary alicyclic amines) is 1. The Hall–Kier alpha value is -2.12. The van der Waals surface area contributed by atoms with Crippen molar-refractivity contribution in [3.05, 3.63) is 24.3 Å². The van der Waals surface area contributed by atoms with Gasteiger partial charge in [0.25, 0.3) is 0 Å². The van der Waals surface area contributed by atoms with Crippen molar-refractivity contribution < 1.29 is 18.0 Å². The van der Waals surface area contributed by atoms with Crippen molar-refractivity contribution in [2.24, 2.45) is 0 Å². The Labute approximate surface area is 158 Å². The number of aromatic amines is 1. The van der Waals surface area contributed by atoms with E-state index in [0.717, 1.165) is 5.52 Å². The number of urea groups is 1. The normalized spacial score (nSPS) is 21.0. The van der Waals surface area contributed by atoms with Crippen molar-refractivity contribution in [1.29, 1.82) is 0 Å². The molecular weight excluding hydrogens is 466 g/mol. The summed E-state index contributed by atoms with van der Waals surface area (Å²) in [5.74, 6) is 0.514. The van der Waals surface area contributed by atoms with Crippen LogP contribution in [0.3, 0.4) is 0 Å². The average molecular weight is 479 g/mol. The monoisotopic (exact) mass is 479 g/mol. The van der Waals surface area contributed by atoms with E-state index >= 15 is 0 Å². The van der Waals surface area contributed by atoms with E-state index in [1.807, 2.05) is 15.8 Å². The Kier molecular flexibility index (Phi) is 4.16. The SMILES string of the molecule is O=C(NCC(F)(F)F)N1C[C@@H](I)[C@@H](c2nnc3cnc4[nH]ccc4n23)C1. The van der Waals surface area contributed by atoms with E-state index in [-0.39, 0.29) is 16.4 Å². The maximum Gasteiger partial charge on any atom is 0.405 e. The van der Waals surface area contributed by atoms with Crippen molar-refractivity contribution >= 4 is 45.4 Å². The molecule has 1 aliphatic rings. The zero-order valence-electron chi connectivity index (χ0n) is 13.2. The first kappa shape index (κ1) is 17.3. The Morgan fingerprint density at radius 1 is 1.38 bits per heavy atom. The van der Waals surface area contributed by atoms with Crippen molar-refractivity contribution in [2.45, 2.75) is 16.0 Å². The van der Waals surface area contributed by atoms with E-state index in [0.29, 0.717) is 23.7 Å². The number of nitrogens with zero attached hydrogens (tertiary/aromatic N) is 5. The van der Waals surface area contributed by atoms with Gasteiger partial charge in [-0.1, -0.05) is 22.6 Å². The topological polar surface area (TPSA) is 91.2 Å². The zero-order chi connectivity index (χ0) is 18.5. The number of halogens is 4. The highest BCUT2D eigenvalue weighted by Gasteiger charge is 2.38. The first-order valence-corrected chi connectivity index (χ1v) is 8.99. The number of carbonyl (C=O) groups is 1. The molecule has 1 fully saturated rings. The summed E-state index contributed by atoms with van der Waals surface area (Å²) >= 11 is 2.19. The highest BCUT2D eigenvalue weighted by molar-refractivity contribution is 14.1. The lowest BCUT2D eigenvalue weighted by atomic mass is 10.1. The summed E-state index contributed by atoms with van der Waals surface area (Å²) < 4.78 is 38.8. The van der Waals surface area contributed by atoms with Gasteiger partial charge < -0.3 is 15.2 Å². The smallest absolute Gasteiger partial charge is 0.345 e. The molecule has 3 aromatic heterocycles. The van der Waals surface area contributed by atoms with Gasteiger partial charge in [0.1, 0.15) is 12.4 Å². The van der Waals surface area contributed by atoms with Crippen LogP contribution in [-0.4, -0.2) is 65.2 Å². The Balaban J connectivity index is 1.60. The van der Waals surface area contributed by atoms with Crippen LogP contribution in [0.5, 0.6) is 0 Å². The number of alkyl halides is 4. The van der Waals surface area contributed by atoms with Gasteiger partial charge in [-0.25, -0.2) is 9.78 Å². The number of carbonyl (C=O) groups excluding carboxylic acids is 1. The third kappa shape index (κ3) is 3.05. The fraction of sp³-hybridized carbons (Fsp3) is 0.429. The molecule has 0 spiro atoms. The number of fused-ring (bicyclic) bond motifs is 3. The summed E-state index contributed by atoms with van der Waals surface area (Å²) in [7, 11) is 0. The lowest BCUT2D eigenvalue weighted by Crippen LogP contribution is -2.42. The van der Waals surface area contributed by atoms with E-state index in [1.165, 1.54) is 4.90 Å².